The third-order valence-corrected chi connectivity index (χ3v) is 4.10. The van der Waals surface area contributed by atoms with Gasteiger partial charge in [0.05, 0.1) is 6.54 Å². The number of hydrogen-bond acceptors (Lipinski definition) is 4. The third-order valence-electron chi connectivity index (χ3n) is 4.10. The van der Waals surface area contributed by atoms with Crippen molar-refractivity contribution in [1.29, 1.82) is 0 Å². The highest BCUT2D eigenvalue weighted by Gasteiger charge is 2.06. The van der Waals surface area contributed by atoms with E-state index in [4.69, 9.17) is 11.5 Å². The van der Waals surface area contributed by atoms with Crippen molar-refractivity contribution in [3.63, 3.8) is 0 Å². The average molecular weight is 342 g/mol. The Morgan fingerprint density at radius 3 is 2.58 bits per heavy atom. The molecule has 0 spiro atoms. The molecule has 3 rings (SSSR count). The van der Waals surface area contributed by atoms with Crippen LogP contribution in [-0.4, -0.2) is 11.2 Å². The van der Waals surface area contributed by atoms with E-state index in [1.807, 2.05) is 42.5 Å². The fourth-order valence-corrected chi connectivity index (χ4v) is 2.71. The van der Waals surface area contributed by atoms with Gasteiger partial charge in [0.25, 0.3) is 0 Å². The number of aliphatic imine (C=N–C) groups is 1. The van der Waals surface area contributed by atoms with Crippen molar-refractivity contribution in [3.05, 3.63) is 95.8 Å². The summed E-state index contributed by atoms with van der Waals surface area (Å²) in [6.07, 6.45) is 7.11. The minimum absolute atomic E-state index is 0.436. The van der Waals surface area contributed by atoms with Crippen molar-refractivity contribution in [2.75, 3.05) is 0 Å². The van der Waals surface area contributed by atoms with Gasteiger partial charge in [0, 0.05) is 36.4 Å². The van der Waals surface area contributed by atoms with Crippen molar-refractivity contribution in [1.82, 2.24) is 4.98 Å². The van der Waals surface area contributed by atoms with E-state index in [0.717, 1.165) is 27.8 Å². The standard InChI is InChI=1S/C22H22N4/c23-14-20-9-8-19(18-6-2-1-3-7-18)13-21(20)22(24)10-12-26-16-17-5-4-11-25-15-17/h1-13,15H,14,16,23-24H2. The van der Waals surface area contributed by atoms with E-state index in [1.54, 1.807) is 18.6 Å². The summed E-state index contributed by atoms with van der Waals surface area (Å²) in [6, 6.07) is 20.3. The second-order valence-corrected chi connectivity index (χ2v) is 5.92. The van der Waals surface area contributed by atoms with Gasteiger partial charge in [-0.25, -0.2) is 0 Å². The van der Waals surface area contributed by atoms with Crippen molar-refractivity contribution >= 4 is 11.9 Å². The van der Waals surface area contributed by atoms with Gasteiger partial charge in [0.2, 0.25) is 0 Å². The molecule has 0 fully saturated rings. The topological polar surface area (TPSA) is 77.3 Å². The molecule has 0 atom stereocenters. The number of hydrogen-bond donors (Lipinski definition) is 2. The maximum Gasteiger partial charge on any atom is 0.0654 e. The second-order valence-electron chi connectivity index (χ2n) is 5.92. The van der Waals surface area contributed by atoms with E-state index in [1.165, 1.54) is 0 Å². The van der Waals surface area contributed by atoms with Crippen LogP contribution in [0.1, 0.15) is 16.7 Å². The molecule has 4 heteroatoms. The molecule has 1 heterocycles. The van der Waals surface area contributed by atoms with Gasteiger partial charge in [0.15, 0.2) is 0 Å². The first-order valence-electron chi connectivity index (χ1n) is 8.51. The van der Waals surface area contributed by atoms with Gasteiger partial charge >= 0.3 is 0 Å². The predicted molar refractivity (Wildman–Crippen MR) is 108 cm³/mol. The van der Waals surface area contributed by atoms with Gasteiger partial charge in [-0.15, -0.1) is 0 Å². The average Bonchev–Trinajstić information content (AvgIpc) is 2.72. The van der Waals surface area contributed by atoms with Crippen molar-refractivity contribution in [2.45, 2.75) is 13.1 Å². The number of nitrogens with zero attached hydrogens (tertiary/aromatic N) is 2. The van der Waals surface area contributed by atoms with Crippen LogP contribution >= 0.6 is 0 Å². The SMILES string of the molecule is NCc1ccc(-c2ccccc2)cc1C(N)=CC=NCc1cccnc1. The van der Waals surface area contributed by atoms with Gasteiger partial charge in [-0.3, -0.25) is 9.98 Å². The van der Waals surface area contributed by atoms with E-state index < -0.39 is 0 Å². The number of pyridine rings is 1. The molecule has 0 unspecified atom stereocenters. The monoisotopic (exact) mass is 342 g/mol. The minimum atomic E-state index is 0.436. The molecule has 0 aliphatic heterocycles. The molecule has 0 radical (unpaired) electrons. The largest absolute Gasteiger partial charge is 0.398 e. The molecule has 130 valence electrons. The molecular weight excluding hydrogens is 320 g/mol. The van der Waals surface area contributed by atoms with Crippen LogP contribution in [0.4, 0.5) is 0 Å². The van der Waals surface area contributed by atoms with Gasteiger partial charge in [0.1, 0.15) is 0 Å². The lowest BCUT2D eigenvalue weighted by atomic mass is 9.97. The Balaban J connectivity index is 1.82. The van der Waals surface area contributed by atoms with Crippen LogP contribution in [0, 0.1) is 0 Å². The maximum absolute atomic E-state index is 6.30. The smallest absolute Gasteiger partial charge is 0.0654 e. The van der Waals surface area contributed by atoms with Crippen molar-refractivity contribution in [3.8, 4) is 11.1 Å². The molecule has 0 amide bonds. The van der Waals surface area contributed by atoms with Crippen LogP contribution in [0.15, 0.2) is 84.1 Å². The summed E-state index contributed by atoms with van der Waals surface area (Å²) in [5, 5.41) is 0. The van der Waals surface area contributed by atoms with Gasteiger partial charge in [-0.1, -0.05) is 48.5 Å². The van der Waals surface area contributed by atoms with E-state index in [0.29, 0.717) is 18.8 Å². The summed E-state index contributed by atoms with van der Waals surface area (Å²) >= 11 is 0. The summed E-state index contributed by atoms with van der Waals surface area (Å²) in [4.78, 5) is 8.47. The van der Waals surface area contributed by atoms with E-state index >= 15 is 0 Å². The Bertz CT molecular complexity index is 900. The summed E-state index contributed by atoms with van der Waals surface area (Å²) in [6.45, 7) is 1.01. The Kier molecular flexibility index (Phi) is 5.91. The fourth-order valence-electron chi connectivity index (χ4n) is 2.71. The van der Waals surface area contributed by atoms with E-state index in [-0.39, 0.29) is 0 Å². The van der Waals surface area contributed by atoms with Crippen LogP contribution < -0.4 is 11.5 Å². The van der Waals surface area contributed by atoms with Crippen LogP contribution in [0.5, 0.6) is 0 Å². The molecule has 1 aromatic heterocycles. The second kappa shape index (κ2) is 8.74. The van der Waals surface area contributed by atoms with Crippen LogP contribution in [0.25, 0.3) is 16.8 Å². The van der Waals surface area contributed by atoms with Crippen molar-refractivity contribution in [2.24, 2.45) is 16.5 Å². The number of rotatable bonds is 6. The highest BCUT2D eigenvalue weighted by molar-refractivity contribution is 5.85. The Morgan fingerprint density at radius 1 is 1.00 bits per heavy atom. The molecule has 0 aliphatic carbocycles. The van der Waals surface area contributed by atoms with Gasteiger partial charge in [-0.2, -0.15) is 0 Å². The zero-order chi connectivity index (χ0) is 18.2. The molecule has 26 heavy (non-hydrogen) atoms. The first kappa shape index (κ1) is 17.6. The Morgan fingerprint density at radius 2 is 1.85 bits per heavy atom. The zero-order valence-corrected chi connectivity index (χ0v) is 14.5. The quantitative estimate of drug-likeness (QED) is 0.669. The summed E-state index contributed by atoms with van der Waals surface area (Å²) in [5.74, 6) is 0. The lowest BCUT2D eigenvalue weighted by Gasteiger charge is -2.11. The lowest BCUT2D eigenvalue weighted by molar-refractivity contribution is 1.05. The van der Waals surface area contributed by atoms with Crippen LogP contribution in [0.2, 0.25) is 0 Å². The van der Waals surface area contributed by atoms with E-state index in [2.05, 4.69) is 34.2 Å². The lowest BCUT2D eigenvalue weighted by Crippen LogP contribution is -2.06. The summed E-state index contributed by atoms with van der Waals surface area (Å²) in [7, 11) is 0. The number of nitrogens with two attached hydrogens (primary N) is 2. The fraction of sp³-hybridized carbons (Fsp3) is 0.0909. The minimum Gasteiger partial charge on any atom is -0.398 e. The predicted octanol–water partition coefficient (Wildman–Crippen LogP) is 3.78. The first-order valence-corrected chi connectivity index (χ1v) is 8.51. The molecule has 0 bridgehead atoms. The van der Waals surface area contributed by atoms with Crippen LogP contribution in [0.3, 0.4) is 0 Å². The summed E-state index contributed by atoms with van der Waals surface area (Å²) in [5.41, 5.74) is 18.1. The Labute approximate surface area is 153 Å². The highest BCUT2D eigenvalue weighted by atomic mass is 14.7. The summed E-state index contributed by atoms with van der Waals surface area (Å²) < 4.78 is 0. The third kappa shape index (κ3) is 4.43. The molecule has 4 nitrogen and oxygen atoms in total. The van der Waals surface area contributed by atoms with Crippen LogP contribution in [-0.2, 0) is 13.1 Å². The highest BCUT2D eigenvalue weighted by Crippen LogP contribution is 2.25. The Hall–Kier alpha value is -3.24. The molecule has 0 saturated carbocycles. The maximum atomic E-state index is 6.30. The van der Waals surface area contributed by atoms with Crippen molar-refractivity contribution < 1.29 is 0 Å². The number of benzene rings is 2. The normalized spacial score (nSPS) is 11.8. The van der Waals surface area contributed by atoms with Gasteiger partial charge in [-0.05, 0) is 40.5 Å². The molecule has 0 aliphatic rings. The molecule has 0 saturated heterocycles. The molecule has 4 N–H and O–H groups in total. The molecular formula is C22H22N4. The molecule has 2 aromatic carbocycles. The first-order chi connectivity index (χ1) is 12.8. The molecule has 3 aromatic rings. The van der Waals surface area contributed by atoms with Gasteiger partial charge < -0.3 is 11.5 Å². The number of allylic oxidation sites excluding steroid dienone is 1. The number of aromatic nitrogens is 1. The zero-order valence-electron chi connectivity index (χ0n) is 14.5. The van der Waals surface area contributed by atoms with E-state index in [9.17, 15) is 0 Å².